The van der Waals surface area contributed by atoms with E-state index in [4.69, 9.17) is 4.74 Å². The van der Waals surface area contributed by atoms with Crippen molar-refractivity contribution in [2.24, 2.45) is 0 Å². The Morgan fingerprint density at radius 2 is 1.73 bits per heavy atom. The van der Waals surface area contributed by atoms with Crippen molar-refractivity contribution < 1.29 is 19.1 Å². The molecule has 1 rings (SSSR count). The van der Waals surface area contributed by atoms with Crippen LogP contribution in [-0.4, -0.2) is 19.0 Å². The van der Waals surface area contributed by atoms with Crippen LogP contribution in [0, 0.1) is 6.92 Å². The zero-order chi connectivity index (χ0) is 11.3. The third kappa shape index (κ3) is 3.42. The van der Waals surface area contributed by atoms with Crippen molar-refractivity contribution in [1.82, 2.24) is 0 Å². The quantitative estimate of drug-likeness (QED) is 0.541. The molecule has 1 aromatic carbocycles. The molecule has 0 fully saturated rings. The van der Waals surface area contributed by atoms with Gasteiger partial charge in [0.1, 0.15) is 6.61 Å². The van der Waals surface area contributed by atoms with Crippen LogP contribution in [0.2, 0.25) is 0 Å². The van der Waals surface area contributed by atoms with Crippen LogP contribution < -0.4 is 0 Å². The first-order chi connectivity index (χ1) is 7.13. The van der Waals surface area contributed by atoms with E-state index >= 15 is 0 Å². The minimum absolute atomic E-state index is 0.0776. The number of esters is 2. The van der Waals surface area contributed by atoms with Gasteiger partial charge in [-0.3, -0.25) is 0 Å². The summed E-state index contributed by atoms with van der Waals surface area (Å²) in [4.78, 5) is 21.6. The zero-order valence-electron chi connectivity index (χ0n) is 8.65. The topological polar surface area (TPSA) is 52.6 Å². The molecule has 0 saturated heterocycles. The largest absolute Gasteiger partial charge is 0.461 e. The Labute approximate surface area is 87.8 Å². The van der Waals surface area contributed by atoms with Gasteiger partial charge >= 0.3 is 11.9 Å². The minimum Gasteiger partial charge on any atom is -0.461 e. The van der Waals surface area contributed by atoms with Crippen LogP contribution in [0.5, 0.6) is 0 Å². The van der Waals surface area contributed by atoms with Crippen molar-refractivity contribution in [2.75, 3.05) is 7.11 Å². The molecule has 4 heteroatoms. The summed E-state index contributed by atoms with van der Waals surface area (Å²) in [6.45, 7) is 2.04. The summed E-state index contributed by atoms with van der Waals surface area (Å²) < 4.78 is 8.91. The second-order valence-corrected chi connectivity index (χ2v) is 3.05. The molecular weight excluding hydrogens is 196 g/mol. The summed E-state index contributed by atoms with van der Waals surface area (Å²) in [6, 6.07) is 7.47. The highest BCUT2D eigenvalue weighted by Crippen LogP contribution is 2.04. The summed E-state index contributed by atoms with van der Waals surface area (Å²) in [5, 5.41) is 0. The number of hydrogen-bond acceptors (Lipinski definition) is 4. The van der Waals surface area contributed by atoms with Gasteiger partial charge in [-0.1, -0.05) is 29.8 Å². The summed E-state index contributed by atoms with van der Waals surface area (Å²) in [6.07, 6.45) is 0. The number of hydrogen-bond donors (Lipinski definition) is 0. The molecule has 0 aromatic heterocycles. The molecular formula is C11H12O4. The van der Waals surface area contributed by atoms with Gasteiger partial charge in [0.25, 0.3) is 0 Å². The lowest BCUT2D eigenvalue weighted by molar-refractivity contribution is -0.166. The SMILES string of the molecule is COC(=O)C(=O)OCc1ccc(C)cc1. The van der Waals surface area contributed by atoms with Crippen LogP contribution in [0.15, 0.2) is 24.3 Å². The molecule has 80 valence electrons. The molecule has 1 aromatic rings. The second-order valence-electron chi connectivity index (χ2n) is 3.05. The first-order valence-corrected chi connectivity index (χ1v) is 4.44. The van der Waals surface area contributed by atoms with E-state index in [1.165, 1.54) is 0 Å². The van der Waals surface area contributed by atoms with Crippen molar-refractivity contribution >= 4 is 11.9 Å². The highest BCUT2D eigenvalue weighted by Gasteiger charge is 2.14. The second kappa shape index (κ2) is 5.14. The standard InChI is InChI=1S/C11H12O4/c1-8-3-5-9(6-4-8)7-15-11(13)10(12)14-2/h3-6H,7H2,1-2H3. The maximum absolute atomic E-state index is 10.9. The van der Waals surface area contributed by atoms with Gasteiger partial charge in [-0.2, -0.15) is 0 Å². The fourth-order valence-electron chi connectivity index (χ4n) is 0.975. The number of benzene rings is 1. The first-order valence-electron chi connectivity index (χ1n) is 4.44. The molecule has 0 spiro atoms. The number of carbonyl (C=O) groups is 2. The van der Waals surface area contributed by atoms with Crippen molar-refractivity contribution in [2.45, 2.75) is 13.5 Å². The van der Waals surface area contributed by atoms with Gasteiger partial charge in [-0.05, 0) is 12.5 Å². The molecule has 0 N–H and O–H groups in total. The van der Waals surface area contributed by atoms with Crippen molar-refractivity contribution in [3.05, 3.63) is 35.4 Å². The van der Waals surface area contributed by atoms with E-state index in [2.05, 4.69) is 4.74 Å². The van der Waals surface area contributed by atoms with Crippen molar-refractivity contribution in [1.29, 1.82) is 0 Å². The van der Waals surface area contributed by atoms with Gasteiger partial charge in [0.05, 0.1) is 7.11 Å². The molecule has 0 amide bonds. The number of methoxy groups -OCH3 is 1. The third-order valence-electron chi connectivity index (χ3n) is 1.84. The summed E-state index contributed by atoms with van der Waals surface area (Å²) >= 11 is 0. The van der Waals surface area contributed by atoms with Crippen LogP contribution in [0.3, 0.4) is 0 Å². The molecule has 0 atom stereocenters. The smallest absolute Gasteiger partial charge is 0.417 e. The van der Waals surface area contributed by atoms with E-state index in [9.17, 15) is 9.59 Å². The third-order valence-corrected chi connectivity index (χ3v) is 1.84. The van der Waals surface area contributed by atoms with Gasteiger partial charge in [-0.25, -0.2) is 9.59 Å². The van der Waals surface area contributed by atoms with Gasteiger partial charge < -0.3 is 9.47 Å². The molecule has 0 aliphatic carbocycles. The Balaban J connectivity index is 2.47. The van der Waals surface area contributed by atoms with Gasteiger partial charge in [0.2, 0.25) is 0 Å². The molecule has 0 unspecified atom stereocenters. The molecule has 0 aliphatic rings. The first kappa shape index (κ1) is 11.2. The van der Waals surface area contributed by atoms with E-state index in [0.717, 1.165) is 18.2 Å². The molecule has 15 heavy (non-hydrogen) atoms. The van der Waals surface area contributed by atoms with Crippen LogP contribution in [0.4, 0.5) is 0 Å². The molecule has 0 bridgehead atoms. The average molecular weight is 208 g/mol. The Kier molecular flexibility index (Phi) is 3.85. The van der Waals surface area contributed by atoms with Crippen LogP contribution >= 0.6 is 0 Å². The predicted molar refractivity (Wildman–Crippen MR) is 53.0 cm³/mol. The molecule has 0 saturated carbocycles. The van der Waals surface area contributed by atoms with Gasteiger partial charge in [0, 0.05) is 0 Å². The maximum atomic E-state index is 10.9. The summed E-state index contributed by atoms with van der Waals surface area (Å²) in [5.41, 5.74) is 1.95. The lowest BCUT2D eigenvalue weighted by atomic mass is 10.2. The highest BCUT2D eigenvalue weighted by molar-refractivity contribution is 6.29. The minimum atomic E-state index is -0.984. The van der Waals surface area contributed by atoms with E-state index in [-0.39, 0.29) is 6.61 Å². The van der Waals surface area contributed by atoms with Crippen LogP contribution in [0.1, 0.15) is 11.1 Å². The number of ether oxygens (including phenoxy) is 2. The Morgan fingerprint density at radius 1 is 1.13 bits per heavy atom. The van der Waals surface area contributed by atoms with Crippen LogP contribution in [-0.2, 0) is 25.7 Å². The monoisotopic (exact) mass is 208 g/mol. The summed E-state index contributed by atoms with van der Waals surface area (Å²) in [5.74, 6) is -1.96. The van der Waals surface area contributed by atoms with Gasteiger partial charge in [-0.15, -0.1) is 0 Å². The maximum Gasteiger partial charge on any atom is 0.417 e. The van der Waals surface area contributed by atoms with Gasteiger partial charge in [0.15, 0.2) is 0 Å². The number of rotatable bonds is 2. The van der Waals surface area contributed by atoms with Crippen molar-refractivity contribution in [3.8, 4) is 0 Å². The van der Waals surface area contributed by atoms with E-state index in [0.29, 0.717) is 0 Å². The fraction of sp³-hybridized carbons (Fsp3) is 0.273. The molecule has 4 nitrogen and oxygen atoms in total. The molecule has 0 heterocycles. The van der Waals surface area contributed by atoms with Crippen LogP contribution in [0.25, 0.3) is 0 Å². The zero-order valence-corrected chi connectivity index (χ0v) is 8.65. The Morgan fingerprint density at radius 3 is 2.27 bits per heavy atom. The molecule has 0 radical (unpaired) electrons. The predicted octanol–water partition coefficient (Wildman–Crippen LogP) is 1.21. The van der Waals surface area contributed by atoms with E-state index in [1.807, 2.05) is 31.2 Å². The molecule has 0 aliphatic heterocycles. The average Bonchev–Trinajstić information content (AvgIpc) is 2.26. The number of aryl methyl sites for hydroxylation is 1. The van der Waals surface area contributed by atoms with Crippen molar-refractivity contribution in [3.63, 3.8) is 0 Å². The number of carbonyl (C=O) groups excluding carboxylic acids is 2. The summed E-state index contributed by atoms with van der Waals surface area (Å²) in [7, 11) is 1.13. The fourth-order valence-corrected chi connectivity index (χ4v) is 0.975. The van der Waals surface area contributed by atoms with E-state index in [1.54, 1.807) is 0 Å². The lowest BCUT2D eigenvalue weighted by Crippen LogP contribution is -2.18. The highest BCUT2D eigenvalue weighted by atomic mass is 16.6. The normalized spacial score (nSPS) is 9.47. The van der Waals surface area contributed by atoms with E-state index < -0.39 is 11.9 Å². The Bertz CT molecular complexity index is 353. The Hall–Kier alpha value is -1.84. The lowest BCUT2D eigenvalue weighted by Gasteiger charge is -2.03.